The maximum Gasteiger partial charge on any atom is 0.208 e. The van der Waals surface area contributed by atoms with Gasteiger partial charge in [-0.25, -0.2) is 13.1 Å². The van der Waals surface area contributed by atoms with E-state index in [9.17, 15) is 8.42 Å². The molecular weight excluding hydrogens is 441 g/mol. The molecule has 7 nitrogen and oxygen atoms in total. The topological polar surface area (TPSA) is 109 Å². The van der Waals surface area contributed by atoms with Gasteiger partial charge in [0.2, 0.25) is 10.0 Å². The van der Waals surface area contributed by atoms with Crippen molar-refractivity contribution in [2.45, 2.75) is 31.7 Å². The van der Waals surface area contributed by atoms with Crippen LogP contribution in [0.5, 0.6) is 0 Å². The average molecular weight is 467 g/mol. The van der Waals surface area contributed by atoms with Gasteiger partial charge < -0.3 is 11.1 Å². The maximum absolute atomic E-state index is 11.4. The molecule has 2 unspecified atom stereocenters. The number of aromatic nitrogens is 1. The minimum atomic E-state index is -3.18. The Hall–Kier alpha value is -0.940. The number of guanidine groups is 1. The van der Waals surface area contributed by atoms with Gasteiger partial charge in [0.25, 0.3) is 0 Å². The van der Waals surface area contributed by atoms with Crippen molar-refractivity contribution >= 4 is 40.0 Å². The number of hydrogen-bond donors (Lipinski definition) is 3. The fourth-order valence-corrected chi connectivity index (χ4v) is 3.68. The number of sulfonamides is 1. The number of hydrogen-bond acceptors (Lipinski definition) is 4. The molecule has 0 aliphatic heterocycles. The predicted molar refractivity (Wildman–Crippen MR) is 107 cm³/mol. The minimum absolute atomic E-state index is 0. The summed E-state index contributed by atoms with van der Waals surface area (Å²) < 4.78 is 25.4. The SMILES string of the molecule is CS(=O)(=O)NC1CCCC1CN=C(N)NCCc1ccccn1.I. The number of aliphatic imine (C=N–C) groups is 1. The summed E-state index contributed by atoms with van der Waals surface area (Å²) in [5.41, 5.74) is 6.87. The normalized spacial score (nSPS) is 21.3. The molecule has 9 heteroatoms. The van der Waals surface area contributed by atoms with E-state index in [1.807, 2.05) is 18.2 Å². The number of pyridine rings is 1. The van der Waals surface area contributed by atoms with Gasteiger partial charge in [0, 0.05) is 37.4 Å². The van der Waals surface area contributed by atoms with Crippen LogP contribution in [0.25, 0.3) is 0 Å². The van der Waals surface area contributed by atoms with Crippen molar-refractivity contribution in [2.24, 2.45) is 16.6 Å². The summed E-state index contributed by atoms with van der Waals surface area (Å²) >= 11 is 0. The maximum atomic E-state index is 11.4. The molecule has 0 bridgehead atoms. The summed E-state index contributed by atoms with van der Waals surface area (Å²) in [6.45, 7) is 1.21. The van der Waals surface area contributed by atoms with E-state index in [4.69, 9.17) is 5.73 Å². The van der Waals surface area contributed by atoms with Gasteiger partial charge in [-0.05, 0) is 30.9 Å². The van der Waals surface area contributed by atoms with Crippen LogP contribution in [0.4, 0.5) is 0 Å². The van der Waals surface area contributed by atoms with Gasteiger partial charge in [0.15, 0.2) is 5.96 Å². The van der Waals surface area contributed by atoms with Crippen molar-refractivity contribution < 1.29 is 8.42 Å². The highest BCUT2D eigenvalue weighted by Gasteiger charge is 2.29. The highest BCUT2D eigenvalue weighted by Crippen LogP contribution is 2.26. The fourth-order valence-electron chi connectivity index (χ4n) is 2.82. The number of nitrogens with zero attached hydrogens (tertiary/aromatic N) is 2. The minimum Gasteiger partial charge on any atom is -0.370 e. The Balaban J connectivity index is 0.00000288. The molecular formula is C15H26IN5O2S. The second kappa shape index (κ2) is 10.1. The first-order valence-electron chi connectivity index (χ1n) is 7.85. The second-order valence-electron chi connectivity index (χ2n) is 5.91. The van der Waals surface area contributed by atoms with Crippen LogP contribution < -0.4 is 15.8 Å². The van der Waals surface area contributed by atoms with Crippen LogP contribution in [0.2, 0.25) is 0 Å². The Morgan fingerprint density at radius 3 is 2.88 bits per heavy atom. The van der Waals surface area contributed by atoms with E-state index >= 15 is 0 Å². The van der Waals surface area contributed by atoms with Crippen molar-refractivity contribution in [1.29, 1.82) is 0 Å². The predicted octanol–water partition coefficient (Wildman–Crippen LogP) is 0.864. The first-order chi connectivity index (χ1) is 10.9. The van der Waals surface area contributed by atoms with Gasteiger partial charge in [0.1, 0.15) is 0 Å². The highest BCUT2D eigenvalue weighted by molar-refractivity contribution is 14.0. The summed E-state index contributed by atoms with van der Waals surface area (Å²) in [6, 6.07) is 5.77. The van der Waals surface area contributed by atoms with Crippen molar-refractivity contribution in [2.75, 3.05) is 19.3 Å². The zero-order chi connectivity index (χ0) is 16.7. The average Bonchev–Trinajstić information content (AvgIpc) is 2.91. The molecule has 2 atom stereocenters. The van der Waals surface area contributed by atoms with Gasteiger partial charge in [-0.2, -0.15) is 0 Å². The van der Waals surface area contributed by atoms with Crippen molar-refractivity contribution in [3.05, 3.63) is 30.1 Å². The van der Waals surface area contributed by atoms with E-state index in [0.717, 1.165) is 31.4 Å². The van der Waals surface area contributed by atoms with E-state index in [1.165, 1.54) is 6.26 Å². The molecule has 1 aliphatic rings. The quantitative estimate of drug-likeness (QED) is 0.313. The lowest BCUT2D eigenvalue weighted by atomic mass is 10.1. The van der Waals surface area contributed by atoms with E-state index in [2.05, 4.69) is 20.0 Å². The van der Waals surface area contributed by atoms with Gasteiger partial charge >= 0.3 is 0 Å². The Morgan fingerprint density at radius 1 is 1.42 bits per heavy atom. The Labute approximate surface area is 161 Å². The van der Waals surface area contributed by atoms with E-state index < -0.39 is 10.0 Å². The Kier molecular flexibility index (Phi) is 8.92. The van der Waals surface area contributed by atoms with Crippen molar-refractivity contribution in [1.82, 2.24) is 15.0 Å². The number of rotatable bonds is 7. The van der Waals surface area contributed by atoms with Gasteiger partial charge in [-0.15, -0.1) is 24.0 Å². The lowest BCUT2D eigenvalue weighted by molar-refractivity contribution is 0.454. The second-order valence-corrected chi connectivity index (χ2v) is 7.69. The molecule has 0 saturated heterocycles. The van der Waals surface area contributed by atoms with Crippen molar-refractivity contribution in [3.63, 3.8) is 0 Å². The zero-order valence-corrected chi connectivity index (χ0v) is 17.0. The molecule has 2 rings (SSSR count). The highest BCUT2D eigenvalue weighted by atomic mass is 127. The molecule has 1 aliphatic carbocycles. The molecule has 0 radical (unpaired) electrons. The molecule has 0 aromatic carbocycles. The van der Waals surface area contributed by atoms with Crippen LogP contribution in [-0.4, -0.2) is 44.7 Å². The molecule has 0 spiro atoms. The lowest BCUT2D eigenvalue weighted by Gasteiger charge is -2.18. The summed E-state index contributed by atoms with van der Waals surface area (Å²) in [4.78, 5) is 8.59. The lowest BCUT2D eigenvalue weighted by Crippen LogP contribution is -2.38. The smallest absolute Gasteiger partial charge is 0.208 e. The van der Waals surface area contributed by atoms with Crippen LogP contribution in [0.15, 0.2) is 29.4 Å². The summed E-state index contributed by atoms with van der Waals surface area (Å²) in [6.07, 6.45) is 6.58. The Morgan fingerprint density at radius 2 is 2.21 bits per heavy atom. The van der Waals surface area contributed by atoms with Crippen molar-refractivity contribution in [3.8, 4) is 0 Å². The van der Waals surface area contributed by atoms with Crippen LogP contribution in [-0.2, 0) is 16.4 Å². The molecule has 1 heterocycles. The Bertz CT molecular complexity index is 624. The molecule has 136 valence electrons. The summed E-state index contributed by atoms with van der Waals surface area (Å²) in [7, 11) is -3.18. The third-order valence-electron chi connectivity index (χ3n) is 3.93. The van der Waals surface area contributed by atoms with Crippen LogP contribution in [0, 0.1) is 5.92 Å². The molecule has 1 aromatic heterocycles. The van der Waals surface area contributed by atoms with Crippen LogP contribution in [0.3, 0.4) is 0 Å². The molecule has 0 amide bonds. The standard InChI is InChI=1S/C15H25N5O2S.HI/c1-23(21,22)20-14-7-4-5-12(14)11-19-15(16)18-10-8-13-6-2-3-9-17-13;/h2-3,6,9,12,14,20H,4-5,7-8,10-11H2,1H3,(H3,16,18,19);1H. The first-order valence-corrected chi connectivity index (χ1v) is 9.74. The number of nitrogens with one attached hydrogen (secondary N) is 2. The van der Waals surface area contributed by atoms with E-state index in [1.54, 1.807) is 6.20 Å². The molecule has 1 aromatic rings. The molecule has 1 saturated carbocycles. The number of nitrogens with two attached hydrogens (primary N) is 1. The molecule has 4 N–H and O–H groups in total. The monoisotopic (exact) mass is 467 g/mol. The van der Waals surface area contributed by atoms with E-state index in [0.29, 0.717) is 19.0 Å². The third kappa shape index (κ3) is 7.75. The summed E-state index contributed by atoms with van der Waals surface area (Å²) in [5.74, 6) is 0.604. The zero-order valence-electron chi connectivity index (χ0n) is 13.8. The third-order valence-corrected chi connectivity index (χ3v) is 4.66. The fraction of sp³-hybridized carbons (Fsp3) is 0.600. The first kappa shape index (κ1) is 21.1. The van der Waals surface area contributed by atoms with E-state index in [-0.39, 0.29) is 35.9 Å². The number of halogens is 1. The van der Waals surface area contributed by atoms with Gasteiger partial charge in [0.05, 0.1) is 6.26 Å². The summed E-state index contributed by atoms with van der Waals surface area (Å²) in [5, 5.41) is 3.07. The van der Waals surface area contributed by atoms with Gasteiger partial charge in [-0.1, -0.05) is 12.5 Å². The molecule has 1 fully saturated rings. The molecule has 24 heavy (non-hydrogen) atoms. The largest absolute Gasteiger partial charge is 0.370 e. The van der Waals surface area contributed by atoms with Crippen LogP contribution >= 0.6 is 24.0 Å². The van der Waals surface area contributed by atoms with Crippen LogP contribution in [0.1, 0.15) is 25.0 Å². The van der Waals surface area contributed by atoms with Gasteiger partial charge in [-0.3, -0.25) is 9.98 Å².